The number of nitrogens with one attached hydrogen (secondary N) is 1. The van der Waals surface area contributed by atoms with Crippen LogP contribution in [0.5, 0.6) is 0 Å². The van der Waals surface area contributed by atoms with Gasteiger partial charge in [0.1, 0.15) is 0 Å². The highest BCUT2D eigenvalue weighted by atomic mass is 16.2. The average molecular weight is 373 g/mol. The number of rotatable bonds is 6. The molecule has 0 atom stereocenters. The normalized spacial score (nSPS) is 18.4. The number of benzene rings is 1. The van der Waals surface area contributed by atoms with E-state index in [1.165, 1.54) is 12.0 Å². The van der Waals surface area contributed by atoms with Gasteiger partial charge < -0.3 is 15.1 Å². The zero-order chi connectivity index (χ0) is 18.9. The SMILES string of the molecule is O=C(CN1CCN(C(=O)NCCCc2ccccc2)CC1)N1CCCCC1. The van der Waals surface area contributed by atoms with Gasteiger partial charge in [0.2, 0.25) is 5.91 Å². The zero-order valence-electron chi connectivity index (χ0n) is 16.2. The second-order valence-corrected chi connectivity index (χ2v) is 7.53. The molecule has 2 fully saturated rings. The number of carbonyl (C=O) groups excluding carboxylic acids is 2. The number of carbonyl (C=O) groups is 2. The molecular weight excluding hydrogens is 340 g/mol. The number of nitrogens with zero attached hydrogens (tertiary/aromatic N) is 3. The molecule has 1 N–H and O–H groups in total. The van der Waals surface area contributed by atoms with Crippen LogP contribution in [0.1, 0.15) is 31.2 Å². The van der Waals surface area contributed by atoms with E-state index >= 15 is 0 Å². The molecule has 2 aliphatic rings. The van der Waals surface area contributed by atoms with E-state index in [-0.39, 0.29) is 11.9 Å². The molecule has 0 bridgehead atoms. The first-order chi connectivity index (χ1) is 13.2. The van der Waals surface area contributed by atoms with Crippen LogP contribution in [0.25, 0.3) is 0 Å². The van der Waals surface area contributed by atoms with Crippen molar-refractivity contribution >= 4 is 11.9 Å². The second-order valence-electron chi connectivity index (χ2n) is 7.53. The number of piperazine rings is 1. The van der Waals surface area contributed by atoms with Gasteiger partial charge in [-0.2, -0.15) is 0 Å². The van der Waals surface area contributed by atoms with Crippen LogP contribution in [0.3, 0.4) is 0 Å². The number of aryl methyl sites for hydroxylation is 1. The van der Waals surface area contributed by atoms with Crippen molar-refractivity contribution in [2.75, 3.05) is 52.4 Å². The Morgan fingerprint density at radius 1 is 0.852 bits per heavy atom. The maximum absolute atomic E-state index is 12.4. The fourth-order valence-electron chi connectivity index (χ4n) is 3.79. The van der Waals surface area contributed by atoms with Crippen molar-refractivity contribution in [1.82, 2.24) is 20.0 Å². The number of hydrogen-bond donors (Lipinski definition) is 1. The van der Waals surface area contributed by atoms with Crippen molar-refractivity contribution in [3.05, 3.63) is 35.9 Å². The van der Waals surface area contributed by atoms with E-state index < -0.39 is 0 Å². The predicted molar refractivity (Wildman–Crippen MR) is 107 cm³/mol. The van der Waals surface area contributed by atoms with E-state index in [0.717, 1.165) is 51.9 Å². The highest BCUT2D eigenvalue weighted by Crippen LogP contribution is 2.10. The summed E-state index contributed by atoms with van der Waals surface area (Å²) in [5, 5.41) is 3.02. The first-order valence-electron chi connectivity index (χ1n) is 10.3. The molecule has 1 aromatic carbocycles. The molecule has 0 spiro atoms. The maximum Gasteiger partial charge on any atom is 0.317 e. The van der Waals surface area contributed by atoms with Gasteiger partial charge in [0.25, 0.3) is 0 Å². The number of likely N-dealkylation sites (tertiary alicyclic amines) is 1. The Bertz CT molecular complexity index is 593. The summed E-state index contributed by atoms with van der Waals surface area (Å²) in [4.78, 5) is 30.7. The summed E-state index contributed by atoms with van der Waals surface area (Å²) in [5.74, 6) is 0.244. The number of amides is 3. The van der Waals surface area contributed by atoms with E-state index in [4.69, 9.17) is 0 Å². The molecule has 0 aromatic heterocycles. The molecule has 0 saturated carbocycles. The van der Waals surface area contributed by atoms with E-state index in [0.29, 0.717) is 26.2 Å². The van der Waals surface area contributed by atoms with E-state index in [2.05, 4.69) is 22.3 Å². The van der Waals surface area contributed by atoms with Crippen LogP contribution in [-0.2, 0) is 11.2 Å². The quantitative estimate of drug-likeness (QED) is 0.777. The molecule has 2 saturated heterocycles. The van der Waals surface area contributed by atoms with Gasteiger partial charge in [0.15, 0.2) is 0 Å². The molecule has 6 nitrogen and oxygen atoms in total. The lowest BCUT2D eigenvalue weighted by Crippen LogP contribution is -2.54. The first-order valence-corrected chi connectivity index (χ1v) is 10.3. The Balaban J connectivity index is 1.30. The first kappa shape index (κ1) is 19.7. The molecule has 27 heavy (non-hydrogen) atoms. The van der Waals surface area contributed by atoms with Gasteiger partial charge >= 0.3 is 6.03 Å². The summed E-state index contributed by atoms with van der Waals surface area (Å²) in [6.07, 6.45) is 5.42. The Kier molecular flexibility index (Phi) is 7.51. The molecule has 0 aliphatic carbocycles. The molecule has 3 amide bonds. The van der Waals surface area contributed by atoms with Gasteiger partial charge in [-0.15, -0.1) is 0 Å². The lowest BCUT2D eigenvalue weighted by atomic mass is 10.1. The van der Waals surface area contributed by atoms with Crippen LogP contribution in [0.2, 0.25) is 0 Å². The largest absolute Gasteiger partial charge is 0.342 e. The maximum atomic E-state index is 12.4. The van der Waals surface area contributed by atoms with Gasteiger partial charge in [-0.25, -0.2) is 4.79 Å². The number of hydrogen-bond acceptors (Lipinski definition) is 3. The zero-order valence-corrected chi connectivity index (χ0v) is 16.2. The van der Waals surface area contributed by atoms with Crippen LogP contribution in [0.4, 0.5) is 4.79 Å². The fourth-order valence-corrected chi connectivity index (χ4v) is 3.79. The fraction of sp³-hybridized carbons (Fsp3) is 0.619. The van der Waals surface area contributed by atoms with Gasteiger partial charge in [-0.3, -0.25) is 9.69 Å². The minimum atomic E-state index is 0.0186. The van der Waals surface area contributed by atoms with Crippen molar-refractivity contribution in [2.45, 2.75) is 32.1 Å². The number of piperidine rings is 1. The minimum absolute atomic E-state index is 0.0186. The molecule has 1 aromatic rings. The van der Waals surface area contributed by atoms with Crippen LogP contribution in [0, 0.1) is 0 Å². The summed E-state index contributed by atoms with van der Waals surface area (Å²) in [5.41, 5.74) is 1.30. The summed E-state index contributed by atoms with van der Waals surface area (Å²) in [6, 6.07) is 10.4. The third-order valence-electron chi connectivity index (χ3n) is 5.49. The number of urea groups is 1. The summed E-state index contributed by atoms with van der Waals surface area (Å²) in [6.45, 7) is 5.94. The van der Waals surface area contributed by atoms with Crippen LogP contribution < -0.4 is 5.32 Å². The summed E-state index contributed by atoms with van der Waals surface area (Å²) in [7, 11) is 0. The minimum Gasteiger partial charge on any atom is -0.342 e. The standard InChI is InChI=1S/C21H32N4O2/c26-20(24-12-5-2-6-13-24)18-23-14-16-25(17-15-23)21(27)22-11-7-10-19-8-3-1-4-9-19/h1,3-4,8-9H,2,5-7,10-18H2,(H,22,27). The average Bonchev–Trinajstić information content (AvgIpc) is 2.73. The highest BCUT2D eigenvalue weighted by molar-refractivity contribution is 5.78. The molecule has 2 aliphatic heterocycles. The molecule has 0 unspecified atom stereocenters. The molecule has 148 valence electrons. The Morgan fingerprint density at radius 3 is 2.26 bits per heavy atom. The van der Waals surface area contributed by atoms with Gasteiger partial charge in [-0.05, 0) is 37.7 Å². The molecule has 3 rings (SSSR count). The molecule has 0 radical (unpaired) electrons. The monoisotopic (exact) mass is 372 g/mol. The third-order valence-corrected chi connectivity index (χ3v) is 5.49. The van der Waals surface area contributed by atoms with Crippen molar-refractivity contribution in [1.29, 1.82) is 0 Å². The van der Waals surface area contributed by atoms with Crippen LogP contribution in [-0.4, -0.2) is 79.0 Å². The van der Waals surface area contributed by atoms with Crippen molar-refractivity contribution in [2.24, 2.45) is 0 Å². The van der Waals surface area contributed by atoms with Gasteiger partial charge in [0, 0.05) is 45.8 Å². The molecule has 6 heteroatoms. The predicted octanol–water partition coefficient (Wildman–Crippen LogP) is 1.96. The smallest absolute Gasteiger partial charge is 0.317 e. The third kappa shape index (κ3) is 6.24. The van der Waals surface area contributed by atoms with Crippen molar-refractivity contribution < 1.29 is 9.59 Å². The van der Waals surface area contributed by atoms with Crippen molar-refractivity contribution in [3.8, 4) is 0 Å². The van der Waals surface area contributed by atoms with Crippen LogP contribution >= 0.6 is 0 Å². The lowest BCUT2D eigenvalue weighted by Gasteiger charge is -2.36. The Hall–Kier alpha value is -2.08. The van der Waals surface area contributed by atoms with E-state index in [9.17, 15) is 9.59 Å². The Morgan fingerprint density at radius 2 is 1.56 bits per heavy atom. The molecular formula is C21H32N4O2. The van der Waals surface area contributed by atoms with Gasteiger partial charge in [-0.1, -0.05) is 30.3 Å². The van der Waals surface area contributed by atoms with E-state index in [1.54, 1.807) is 0 Å². The second kappa shape index (κ2) is 10.3. The van der Waals surface area contributed by atoms with Gasteiger partial charge in [0.05, 0.1) is 6.54 Å². The highest BCUT2D eigenvalue weighted by Gasteiger charge is 2.24. The van der Waals surface area contributed by atoms with E-state index in [1.807, 2.05) is 28.0 Å². The van der Waals surface area contributed by atoms with Crippen LogP contribution in [0.15, 0.2) is 30.3 Å². The molecule has 2 heterocycles. The van der Waals surface area contributed by atoms with Crippen molar-refractivity contribution in [3.63, 3.8) is 0 Å². The summed E-state index contributed by atoms with van der Waals surface area (Å²) < 4.78 is 0. The summed E-state index contributed by atoms with van der Waals surface area (Å²) >= 11 is 0. The lowest BCUT2D eigenvalue weighted by molar-refractivity contribution is -0.133. The topological polar surface area (TPSA) is 55.9 Å². The Labute approximate surface area is 162 Å².